The molecular formula is C12H15NO. The number of benzene rings is 1. The van der Waals surface area contributed by atoms with Gasteiger partial charge in [0.25, 0.3) is 0 Å². The van der Waals surface area contributed by atoms with Crippen molar-refractivity contribution in [3.63, 3.8) is 0 Å². The minimum Gasteiger partial charge on any atom is -0.508 e. The Morgan fingerprint density at radius 1 is 1.29 bits per heavy atom. The first kappa shape index (κ1) is 8.30. The van der Waals surface area contributed by atoms with Gasteiger partial charge in [-0.05, 0) is 37.0 Å². The van der Waals surface area contributed by atoms with Gasteiger partial charge in [0.15, 0.2) is 0 Å². The maximum atomic E-state index is 9.42. The fourth-order valence-corrected chi connectivity index (χ4v) is 2.95. The van der Waals surface area contributed by atoms with Crippen LogP contribution in [0.2, 0.25) is 0 Å². The lowest BCUT2D eigenvalue weighted by atomic mass is 9.84. The van der Waals surface area contributed by atoms with Crippen molar-refractivity contribution < 1.29 is 5.11 Å². The van der Waals surface area contributed by atoms with Gasteiger partial charge in [0.2, 0.25) is 0 Å². The molecule has 2 heterocycles. The van der Waals surface area contributed by atoms with E-state index in [1.165, 1.54) is 24.8 Å². The van der Waals surface area contributed by atoms with Crippen LogP contribution in [0, 0.1) is 0 Å². The van der Waals surface area contributed by atoms with Gasteiger partial charge in [-0.1, -0.05) is 12.1 Å². The van der Waals surface area contributed by atoms with Gasteiger partial charge < -0.3 is 10.4 Å². The smallest absolute Gasteiger partial charge is 0.115 e. The van der Waals surface area contributed by atoms with Gasteiger partial charge in [-0.2, -0.15) is 0 Å². The maximum absolute atomic E-state index is 9.42. The summed E-state index contributed by atoms with van der Waals surface area (Å²) in [6.07, 6.45) is 3.87. The molecule has 2 saturated heterocycles. The highest BCUT2D eigenvalue weighted by Gasteiger charge is 2.39. The van der Waals surface area contributed by atoms with Crippen LogP contribution >= 0.6 is 0 Å². The molecule has 2 fully saturated rings. The fourth-order valence-electron chi connectivity index (χ4n) is 2.95. The van der Waals surface area contributed by atoms with E-state index >= 15 is 0 Å². The van der Waals surface area contributed by atoms with Crippen LogP contribution in [0.15, 0.2) is 24.3 Å². The lowest BCUT2D eigenvalue weighted by Gasteiger charge is -2.20. The molecule has 2 N–H and O–H groups in total. The van der Waals surface area contributed by atoms with E-state index in [-0.39, 0.29) is 0 Å². The van der Waals surface area contributed by atoms with Crippen molar-refractivity contribution in [1.29, 1.82) is 0 Å². The van der Waals surface area contributed by atoms with Crippen LogP contribution in [-0.4, -0.2) is 17.2 Å². The van der Waals surface area contributed by atoms with E-state index in [1.807, 2.05) is 12.1 Å². The quantitative estimate of drug-likeness (QED) is 0.708. The number of hydrogen-bond acceptors (Lipinski definition) is 2. The lowest BCUT2D eigenvalue weighted by molar-refractivity contribution is 0.468. The molecule has 0 spiro atoms. The SMILES string of the molecule is Oc1cccc(C2CC3CCC2N3)c1. The van der Waals surface area contributed by atoms with Gasteiger partial charge in [-0.25, -0.2) is 0 Å². The molecule has 3 atom stereocenters. The van der Waals surface area contributed by atoms with Gasteiger partial charge in [0, 0.05) is 18.0 Å². The average molecular weight is 189 g/mol. The Kier molecular flexibility index (Phi) is 1.77. The van der Waals surface area contributed by atoms with E-state index < -0.39 is 0 Å². The lowest BCUT2D eigenvalue weighted by Crippen LogP contribution is -2.21. The molecule has 3 unspecified atom stereocenters. The van der Waals surface area contributed by atoms with Gasteiger partial charge in [0.05, 0.1) is 0 Å². The van der Waals surface area contributed by atoms with Crippen molar-refractivity contribution in [2.24, 2.45) is 0 Å². The molecule has 2 heteroatoms. The zero-order chi connectivity index (χ0) is 9.54. The summed E-state index contributed by atoms with van der Waals surface area (Å²) < 4.78 is 0. The number of phenolic OH excluding ortho intramolecular Hbond substituents is 1. The van der Waals surface area contributed by atoms with E-state index in [2.05, 4.69) is 11.4 Å². The van der Waals surface area contributed by atoms with Crippen molar-refractivity contribution in [2.75, 3.05) is 0 Å². The first-order valence-electron chi connectivity index (χ1n) is 5.38. The number of phenols is 1. The highest BCUT2D eigenvalue weighted by molar-refractivity contribution is 5.32. The largest absolute Gasteiger partial charge is 0.508 e. The standard InChI is InChI=1S/C12H15NO/c14-10-3-1-2-8(6-10)11-7-9-4-5-12(11)13-9/h1-3,6,9,11-14H,4-5,7H2. The monoisotopic (exact) mass is 189 g/mol. The minimum absolute atomic E-state index is 0.394. The highest BCUT2D eigenvalue weighted by Crippen LogP contribution is 2.40. The zero-order valence-corrected chi connectivity index (χ0v) is 8.11. The van der Waals surface area contributed by atoms with E-state index in [0.717, 1.165) is 6.04 Å². The Bertz CT molecular complexity index is 350. The van der Waals surface area contributed by atoms with Crippen molar-refractivity contribution >= 4 is 0 Å². The summed E-state index contributed by atoms with van der Waals surface area (Å²) in [5.74, 6) is 1.02. The minimum atomic E-state index is 0.394. The van der Waals surface area contributed by atoms with Crippen LogP contribution in [0.5, 0.6) is 5.75 Å². The number of rotatable bonds is 1. The van der Waals surface area contributed by atoms with Gasteiger partial charge in [0.1, 0.15) is 5.75 Å². The van der Waals surface area contributed by atoms with Crippen molar-refractivity contribution in [3.05, 3.63) is 29.8 Å². The number of aromatic hydroxyl groups is 1. The summed E-state index contributed by atoms with van der Waals surface area (Å²) in [5.41, 5.74) is 1.30. The van der Waals surface area contributed by atoms with E-state index in [4.69, 9.17) is 0 Å². The first-order valence-corrected chi connectivity index (χ1v) is 5.38. The van der Waals surface area contributed by atoms with Crippen LogP contribution in [0.1, 0.15) is 30.7 Å². The summed E-state index contributed by atoms with van der Waals surface area (Å²) >= 11 is 0. The molecule has 0 saturated carbocycles. The number of nitrogens with one attached hydrogen (secondary N) is 1. The topological polar surface area (TPSA) is 32.3 Å². The molecule has 1 aromatic rings. The van der Waals surface area contributed by atoms with Crippen molar-refractivity contribution in [2.45, 2.75) is 37.3 Å². The normalized spacial score (nSPS) is 35.0. The number of hydrogen-bond donors (Lipinski definition) is 2. The summed E-state index contributed by atoms with van der Waals surface area (Å²) in [7, 11) is 0. The molecule has 0 amide bonds. The van der Waals surface area contributed by atoms with E-state index in [0.29, 0.717) is 17.7 Å². The van der Waals surface area contributed by atoms with Gasteiger partial charge >= 0.3 is 0 Å². The van der Waals surface area contributed by atoms with Crippen molar-refractivity contribution in [1.82, 2.24) is 5.32 Å². The zero-order valence-electron chi connectivity index (χ0n) is 8.11. The predicted octanol–water partition coefficient (Wildman–Crippen LogP) is 2.00. The second-order valence-electron chi connectivity index (χ2n) is 4.48. The van der Waals surface area contributed by atoms with Crippen LogP contribution in [0.25, 0.3) is 0 Å². The second kappa shape index (κ2) is 2.99. The van der Waals surface area contributed by atoms with Crippen LogP contribution in [0.3, 0.4) is 0 Å². The molecule has 14 heavy (non-hydrogen) atoms. The third-order valence-corrected chi connectivity index (χ3v) is 3.60. The highest BCUT2D eigenvalue weighted by atomic mass is 16.3. The summed E-state index contributed by atoms with van der Waals surface area (Å²) in [4.78, 5) is 0. The van der Waals surface area contributed by atoms with Gasteiger partial charge in [-0.3, -0.25) is 0 Å². The van der Waals surface area contributed by atoms with Crippen molar-refractivity contribution in [3.8, 4) is 5.75 Å². The third-order valence-electron chi connectivity index (χ3n) is 3.60. The Morgan fingerprint density at radius 3 is 2.86 bits per heavy atom. The molecule has 0 aromatic heterocycles. The molecule has 1 aromatic carbocycles. The summed E-state index contributed by atoms with van der Waals surface area (Å²) in [5, 5.41) is 13.0. The van der Waals surface area contributed by atoms with Crippen LogP contribution < -0.4 is 5.32 Å². The third kappa shape index (κ3) is 1.22. The molecule has 2 aliphatic heterocycles. The molecule has 2 nitrogen and oxygen atoms in total. The Morgan fingerprint density at radius 2 is 2.21 bits per heavy atom. The molecular weight excluding hydrogens is 174 g/mol. The van der Waals surface area contributed by atoms with E-state index in [1.54, 1.807) is 6.07 Å². The molecule has 0 aliphatic carbocycles. The Balaban J connectivity index is 1.89. The molecule has 0 radical (unpaired) electrons. The van der Waals surface area contributed by atoms with E-state index in [9.17, 15) is 5.11 Å². The number of fused-ring (bicyclic) bond motifs is 2. The van der Waals surface area contributed by atoms with Crippen LogP contribution in [0.4, 0.5) is 0 Å². The second-order valence-corrected chi connectivity index (χ2v) is 4.48. The predicted molar refractivity (Wildman–Crippen MR) is 55.4 cm³/mol. The Hall–Kier alpha value is -1.02. The maximum Gasteiger partial charge on any atom is 0.115 e. The summed E-state index contributed by atoms with van der Waals surface area (Å²) in [6.45, 7) is 0. The van der Waals surface area contributed by atoms with Crippen LogP contribution in [-0.2, 0) is 0 Å². The first-order chi connectivity index (χ1) is 6.83. The molecule has 2 bridgehead atoms. The molecule has 74 valence electrons. The molecule has 2 aliphatic rings. The molecule has 3 rings (SSSR count). The van der Waals surface area contributed by atoms with Gasteiger partial charge in [-0.15, -0.1) is 0 Å². The Labute approximate surface area is 84.0 Å². The summed E-state index contributed by atoms with van der Waals surface area (Å²) in [6, 6.07) is 9.11. The fraction of sp³-hybridized carbons (Fsp3) is 0.500. The average Bonchev–Trinajstić information content (AvgIpc) is 2.78.